The highest BCUT2D eigenvalue weighted by molar-refractivity contribution is 5.85. The highest BCUT2D eigenvalue weighted by Gasteiger charge is 2.37. The van der Waals surface area contributed by atoms with E-state index in [2.05, 4.69) is 68.8 Å². The molecule has 2 fully saturated rings. The topological polar surface area (TPSA) is 136 Å². The fraction of sp³-hybridized carbons (Fsp3) is 0.436. The maximum absolute atomic E-state index is 13.6. The van der Waals surface area contributed by atoms with Gasteiger partial charge >= 0.3 is 5.97 Å². The van der Waals surface area contributed by atoms with Gasteiger partial charge in [0.15, 0.2) is 0 Å². The molecule has 11 heteroatoms. The van der Waals surface area contributed by atoms with Gasteiger partial charge in [-0.3, -0.25) is 19.7 Å². The van der Waals surface area contributed by atoms with E-state index in [1.807, 2.05) is 49.9 Å². The smallest absolute Gasteiger partial charge is 0.319 e. The molecule has 2 amide bonds. The number of hydrogen-bond acceptors (Lipinski definition) is 7. The maximum atomic E-state index is 13.6. The molecule has 50 heavy (non-hydrogen) atoms. The van der Waals surface area contributed by atoms with Crippen molar-refractivity contribution in [1.29, 1.82) is 0 Å². The summed E-state index contributed by atoms with van der Waals surface area (Å²) in [5.41, 5.74) is 6.07. The lowest BCUT2D eigenvalue weighted by Crippen LogP contribution is -2.50. The average molecular weight is 679 g/mol. The molecule has 263 valence electrons. The second-order valence-corrected chi connectivity index (χ2v) is 14.0. The zero-order valence-electron chi connectivity index (χ0n) is 29.6. The summed E-state index contributed by atoms with van der Waals surface area (Å²) in [5.74, 6) is 1.48. The van der Waals surface area contributed by atoms with Gasteiger partial charge in [-0.25, -0.2) is 9.97 Å². The van der Waals surface area contributed by atoms with Crippen LogP contribution in [0.25, 0.3) is 33.6 Å². The summed E-state index contributed by atoms with van der Waals surface area (Å²) in [6, 6.07) is 16.1. The molecule has 0 saturated carbocycles. The van der Waals surface area contributed by atoms with Crippen LogP contribution in [0.2, 0.25) is 0 Å². The summed E-state index contributed by atoms with van der Waals surface area (Å²) in [4.78, 5) is 58.2. The molecule has 3 atom stereocenters. The van der Waals surface area contributed by atoms with Crippen LogP contribution in [-0.2, 0) is 19.1 Å². The third-order valence-corrected chi connectivity index (χ3v) is 9.72. The number of aromatic nitrogens is 4. The number of likely N-dealkylation sites (tertiary alicyclic amines) is 2. The Morgan fingerprint density at radius 2 is 1.28 bits per heavy atom. The SMILES string of the molecule is COC(=O)CN[C@H](C(=O)N1CCC[C@H]1c1ncc(-c2ccc(-c3ccc(-c4cnc([C@@H]5CCCN5C(=O)[CH]C(C)C)[nH]4)cc3)cc2)[nH]1)C(C)C. The summed E-state index contributed by atoms with van der Waals surface area (Å²) in [5, 5.41) is 3.09. The van der Waals surface area contributed by atoms with Crippen molar-refractivity contribution in [1.82, 2.24) is 35.1 Å². The van der Waals surface area contributed by atoms with Gasteiger partial charge in [0.25, 0.3) is 0 Å². The highest BCUT2D eigenvalue weighted by Crippen LogP contribution is 2.35. The number of amides is 2. The van der Waals surface area contributed by atoms with Crippen molar-refractivity contribution in [3.63, 3.8) is 0 Å². The number of H-pyrrole nitrogens is 2. The first-order valence-corrected chi connectivity index (χ1v) is 17.7. The molecule has 11 nitrogen and oxygen atoms in total. The summed E-state index contributed by atoms with van der Waals surface area (Å²) in [6.07, 6.45) is 9.08. The van der Waals surface area contributed by atoms with Crippen LogP contribution in [0.4, 0.5) is 0 Å². The highest BCUT2D eigenvalue weighted by atomic mass is 16.5. The number of rotatable bonds is 12. The van der Waals surface area contributed by atoms with Crippen LogP contribution in [0.3, 0.4) is 0 Å². The molecule has 1 radical (unpaired) electrons. The number of aromatic amines is 2. The van der Waals surface area contributed by atoms with E-state index in [1.54, 1.807) is 6.42 Å². The number of nitrogens with one attached hydrogen (secondary N) is 3. The van der Waals surface area contributed by atoms with Crippen LogP contribution >= 0.6 is 0 Å². The molecule has 0 unspecified atom stereocenters. The van der Waals surface area contributed by atoms with E-state index in [4.69, 9.17) is 9.72 Å². The number of esters is 1. The Balaban J connectivity index is 1.10. The summed E-state index contributed by atoms with van der Waals surface area (Å²) < 4.78 is 4.75. The first-order chi connectivity index (χ1) is 24.1. The van der Waals surface area contributed by atoms with Gasteiger partial charge in [-0.1, -0.05) is 76.2 Å². The summed E-state index contributed by atoms with van der Waals surface area (Å²) in [6.45, 7) is 9.39. The lowest BCUT2D eigenvalue weighted by atomic mass is 10.0. The Morgan fingerprint density at radius 3 is 1.76 bits per heavy atom. The van der Waals surface area contributed by atoms with E-state index in [1.165, 1.54) is 7.11 Å². The predicted octanol–water partition coefficient (Wildman–Crippen LogP) is 6.11. The zero-order chi connectivity index (χ0) is 35.4. The van der Waals surface area contributed by atoms with Gasteiger partial charge in [-0.15, -0.1) is 0 Å². The van der Waals surface area contributed by atoms with Crippen molar-refractivity contribution in [3.8, 4) is 33.6 Å². The minimum atomic E-state index is -0.490. The van der Waals surface area contributed by atoms with Gasteiger partial charge in [0.2, 0.25) is 11.8 Å². The molecule has 2 aliphatic heterocycles. The van der Waals surface area contributed by atoms with E-state index in [9.17, 15) is 14.4 Å². The Hall–Kier alpha value is -4.77. The van der Waals surface area contributed by atoms with Gasteiger partial charge < -0.3 is 24.5 Å². The molecule has 4 heterocycles. The molecule has 0 bridgehead atoms. The molecule has 4 aromatic rings. The molecular weight excluding hydrogens is 630 g/mol. The van der Waals surface area contributed by atoms with Crippen molar-refractivity contribution < 1.29 is 19.1 Å². The fourth-order valence-electron chi connectivity index (χ4n) is 7.05. The van der Waals surface area contributed by atoms with Gasteiger partial charge in [-0.05, 0) is 59.8 Å². The maximum Gasteiger partial charge on any atom is 0.319 e. The zero-order valence-corrected chi connectivity index (χ0v) is 29.6. The third kappa shape index (κ3) is 7.67. The Kier molecular flexibility index (Phi) is 10.8. The van der Waals surface area contributed by atoms with Crippen LogP contribution in [0.5, 0.6) is 0 Å². The number of methoxy groups -OCH3 is 1. The molecule has 6 rings (SSSR count). The average Bonchev–Trinajstić information content (AvgIpc) is 3.94. The summed E-state index contributed by atoms with van der Waals surface area (Å²) in [7, 11) is 1.34. The van der Waals surface area contributed by atoms with E-state index >= 15 is 0 Å². The fourth-order valence-corrected chi connectivity index (χ4v) is 7.05. The van der Waals surface area contributed by atoms with E-state index in [0.29, 0.717) is 6.54 Å². The second-order valence-electron chi connectivity index (χ2n) is 14.0. The molecule has 2 saturated heterocycles. The molecule has 2 aromatic heterocycles. The molecule has 0 spiro atoms. The van der Waals surface area contributed by atoms with Gasteiger partial charge in [-0.2, -0.15) is 0 Å². The third-order valence-electron chi connectivity index (χ3n) is 9.72. The van der Waals surface area contributed by atoms with Crippen molar-refractivity contribution in [2.75, 3.05) is 26.7 Å². The predicted molar refractivity (Wildman–Crippen MR) is 192 cm³/mol. The van der Waals surface area contributed by atoms with E-state index < -0.39 is 12.0 Å². The number of carbonyl (C=O) groups excluding carboxylic acids is 3. The van der Waals surface area contributed by atoms with Crippen LogP contribution in [0.1, 0.15) is 77.1 Å². The number of hydrogen-bond donors (Lipinski definition) is 3. The molecule has 0 aliphatic carbocycles. The first-order valence-electron chi connectivity index (χ1n) is 17.7. The lowest BCUT2D eigenvalue weighted by Gasteiger charge is -2.30. The largest absolute Gasteiger partial charge is 0.468 e. The molecule has 2 aliphatic rings. The van der Waals surface area contributed by atoms with Crippen molar-refractivity contribution >= 4 is 17.8 Å². The number of benzene rings is 2. The first kappa shape index (κ1) is 35.1. The Morgan fingerprint density at radius 1 is 0.800 bits per heavy atom. The Bertz CT molecular complexity index is 1780. The number of carbonyl (C=O) groups is 3. The number of nitrogens with zero attached hydrogens (tertiary/aromatic N) is 4. The van der Waals surface area contributed by atoms with Crippen molar-refractivity contribution in [2.45, 2.75) is 71.5 Å². The number of imidazole rings is 2. The van der Waals surface area contributed by atoms with Gasteiger partial charge in [0.1, 0.15) is 11.6 Å². The molecular formula is C39H48N7O4. The van der Waals surface area contributed by atoms with Crippen molar-refractivity contribution in [2.24, 2.45) is 11.8 Å². The van der Waals surface area contributed by atoms with Gasteiger partial charge in [0, 0.05) is 13.1 Å². The minimum absolute atomic E-state index is 0.00741. The van der Waals surface area contributed by atoms with Crippen LogP contribution in [-0.4, -0.2) is 80.3 Å². The lowest BCUT2D eigenvalue weighted by molar-refractivity contribution is -0.140. The summed E-state index contributed by atoms with van der Waals surface area (Å²) >= 11 is 0. The number of ether oxygens (including phenoxy) is 1. The normalized spacial score (nSPS) is 18.3. The second kappa shape index (κ2) is 15.4. The Labute approximate surface area is 294 Å². The van der Waals surface area contributed by atoms with Crippen LogP contribution in [0, 0.1) is 18.3 Å². The monoisotopic (exact) mass is 678 g/mol. The van der Waals surface area contributed by atoms with E-state index in [-0.39, 0.29) is 42.3 Å². The van der Waals surface area contributed by atoms with Gasteiger partial charge in [0.05, 0.1) is 62.0 Å². The van der Waals surface area contributed by atoms with E-state index in [0.717, 1.165) is 77.5 Å². The molecule has 3 N–H and O–H groups in total. The standard InChI is InChI=1S/C39H48N7O4/c1-24(2)20-34(47)45-18-6-8-32(45)37-41-21-30(43-37)28-14-10-26(11-15-28)27-12-16-29(17-13-27)31-22-42-38(44-31)33-9-7-19-46(33)39(49)36(25(3)4)40-23-35(48)50-5/h10-17,20-22,24-25,32-33,36,40H,6-9,18-19,23H2,1-5H3,(H,41,43)(H,42,44)/t32-,33-,36-/m0/s1. The quantitative estimate of drug-likeness (QED) is 0.154. The molecule has 2 aromatic carbocycles. The van der Waals surface area contributed by atoms with Crippen LogP contribution in [0.15, 0.2) is 60.9 Å². The van der Waals surface area contributed by atoms with Crippen molar-refractivity contribution in [3.05, 3.63) is 79.0 Å². The van der Waals surface area contributed by atoms with Crippen LogP contribution < -0.4 is 5.32 Å². The minimum Gasteiger partial charge on any atom is -0.468 e.